The molecule has 0 saturated heterocycles. The Hall–Kier alpha value is -3.99. The average Bonchev–Trinajstić information content (AvgIpc) is 3.48. The van der Waals surface area contributed by atoms with Gasteiger partial charge in [-0.25, -0.2) is 9.78 Å². The van der Waals surface area contributed by atoms with Crippen molar-refractivity contribution in [3.63, 3.8) is 0 Å². The number of carbonyl (C=O) groups excluding carboxylic acids is 2. The number of alkyl carbamates (subject to hydrolysis) is 1. The number of hydrogen-bond acceptors (Lipinski definition) is 8. The van der Waals surface area contributed by atoms with Crippen molar-refractivity contribution < 1.29 is 23.8 Å². The summed E-state index contributed by atoms with van der Waals surface area (Å²) < 4.78 is 16.3. The third kappa shape index (κ3) is 6.57. The number of aromatic amines is 1. The maximum Gasteiger partial charge on any atom is 0.407 e. The Morgan fingerprint density at radius 3 is 2.73 bits per heavy atom. The van der Waals surface area contributed by atoms with Gasteiger partial charge in [0.2, 0.25) is 5.91 Å². The molecule has 4 atom stereocenters. The molecule has 3 aliphatic rings. The van der Waals surface area contributed by atoms with E-state index in [9.17, 15) is 9.59 Å². The molecule has 4 unspecified atom stereocenters. The first-order valence-corrected chi connectivity index (χ1v) is 15.4. The molecular formula is C33H44N6O5. The van der Waals surface area contributed by atoms with Gasteiger partial charge < -0.3 is 40.2 Å². The zero-order valence-corrected chi connectivity index (χ0v) is 26.3. The van der Waals surface area contributed by atoms with Crippen LogP contribution in [0.25, 0.3) is 16.8 Å². The first-order valence-electron chi connectivity index (χ1n) is 15.4. The summed E-state index contributed by atoms with van der Waals surface area (Å²) >= 11 is 0. The van der Waals surface area contributed by atoms with Crippen molar-refractivity contribution in [1.82, 2.24) is 20.2 Å². The van der Waals surface area contributed by atoms with Crippen molar-refractivity contribution in [2.24, 2.45) is 23.7 Å². The largest absolute Gasteiger partial charge is 0.493 e. The van der Waals surface area contributed by atoms with Gasteiger partial charge in [-0.1, -0.05) is 32.9 Å². The molecule has 0 radical (unpaired) electrons. The van der Waals surface area contributed by atoms with Crippen LogP contribution in [-0.2, 0) is 32.2 Å². The topological polar surface area (TPSA) is 153 Å². The first kappa shape index (κ1) is 31.4. The van der Waals surface area contributed by atoms with Gasteiger partial charge in [-0.15, -0.1) is 0 Å². The number of ether oxygens (including phenoxy) is 3. The fraction of sp³-hybridized carbons (Fsp3) is 0.545. The van der Waals surface area contributed by atoms with Gasteiger partial charge in [0.15, 0.2) is 0 Å². The predicted octanol–water partition coefficient (Wildman–Crippen LogP) is 5.17. The van der Waals surface area contributed by atoms with Crippen LogP contribution in [0.1, 0.15) is 63.4 Å². The lowest BCUT2D eigenvalue weighted by molar-refractivity contribution is -0.136. The summed E-state index contributed by atoms with van der Waals surface area (Å²) in [6.45, 7) is 7.43. The maximum atomic E-state index is 13.7. The number of nitrogens with zero attached hydrogens (tertiary/aromatic N) is 2. The molecule has 5 rings (SSSR count). The van der Waals surface area contributed by atoms with E-state index in [0.717, 1.165) is 35.4 Å². The summed E-state index contributed by atoms with van der Waals surface area (Å²) in [7, 11) is 2.92. The molecule has 4 N–H and O–H groups in total. The highest BCUT2D eigenvalue weighted by Crippen LogP contribution is 2.47. The Kier molecular flexibility index (Phi) is 9.53. The van der Waals surface area contributed by atoms with E-state index in [1.165, 1.54) is 18.2 Å². The smallest absolute Gasteiger partial charge is 0.407 e. The normalized spacial score (nSPS) is 20.7. The van der Waals surface area contributed by atoms with Crippen molar-refractivity contribution >= 4 is 29.0 Å². The molecule has 44 heavy (non-hydrogen) atoms. The second-order valence-corrected chi connectivity index (χ2v) is 12.6. The third-order valence-corrected chi connectivity index (χ3v) is 9.04. The zero-order chi connectivity index (χ0) is 31.5. The molecule has 11 heteroatoms. The number of benzene rings is 1. The van der Waals surface area contributed by atoms with Gasteiger partial charge in [0, 0.05) is 26.0 Å². The molecule has 2 amide bonds. The van der Waals surface area contributed by atoms with E-state index >= 15 is 0 Å². The van der Waals surface area contributed by atoms with Crippen LogP contribution in [0.4, 0.5) is 4.79 Å². The van der Waals surface area contributed by atoms with Gasteiger partial charge in [0.05, 0.1) is 43.6 Å². The van der Waals surface area contributed by atoms with E-state index in [1.54, 1.807) is 18.2 Å². The lowest BCUT2D eigenvalue weighted by atomic mass is 9.67. The number of aromatic nitrogens is 2. The Balaban J connectivity index is 1.34. The highest BCUT2D eigenvalue weighted by Gasteiger charge is 2.40. The third-order valence-electron chi connectivity index (χ3n) is 9.04. The second-order valence-electron chi connectivity index (χ2n) is 12.6. The van der Waals surface area contributed by atoms with Gasteiger partial charge in [0.1, 0.15) is 24.2 Å². The highest BCUT2D eigenvalue weighted by atomic mass is 16.5. The molecule has 236 valence electrons. The molecular weight excluding hydrogens is 560 g/mol. The molecule has 1 aromatic heterocycles. The molecule has 0 bridgehead atoms. The number of methoxy groups -OCH3 is 2. The van der Waals surface area contributed by atoms with E-state index in [1.807, 2.05) is 20.8 Å². The number of hydrogen-bond donors (Lipinski definition) is 4. The fourth-order valence-corrected chi connectivity index (χ4v) is 6.70. The van der Waals surface area contributed by atoms with Crippen molar-refractivity contribution in [3.8, 4) is 11.3 Å². The lowest BCUT2D eigenvalue weighted by Gasteiger charge is -2.40. The number of nitrogens with one attached hydrogen (secondary N) is 4. The van der Waals surface area contributed by atoms with Crippen LogP contribution in [0, 0.1) is 34.5 Å². The van der Waals surface area contributed by atoms with Crippen LogP contribution in [-0.4, -0.2) is 71.7 Å². The van der Waals surface area contributed by atoms with Crippen LogP contribution in [0.2, 0.25) is 0 Å². The number of amides is 2. The molecule has 2 aromatic rings. The van der Waals surface area contributed by atoms with E-state index in [0.29, 0.717) is 55.8 Å². The zero-order valence-electron chi connectivity index (χ0n) is 26.3. The fourth-order valence-electron chi connectivity index (χ4n) is 6.70. The number of carbonyl (C=O) groups is 2. The van der Waals surface area contributed by atoms with E-state index in [2.05, 4.69) is 33.5 Å². The minimum Gasteiger partial charge on any atom is -0.493 e. The molecule has 1 fully saturated rings. The predicted molar refractivity (Wildman–Crippen MR) is 167 cm³/mol. The van der Waals surface area contributed by atoms with Crippen LogP contribution in [0.3, 0.4) is 0 Å². The standard InChI is InChI=1S/C33H44N6O5/c1-18(2)31(38-33(41)43-5)32(40)39(14-19(3)16-42-4)15-29-36-13-27(37-29)21-6-8-23-22(10-21)17-44-28-12-24-20(11-25(23)28)7-9-26(34)30(24)35/h6,8,10,13,18-20,24,31,34-35H,7,9,11-12,14-17H2,1-5H3,(H,36,37)(H,38,41). The molecule has 1 saturated carbocycles. The Labute approximate surface area is 258 Å². The first-order chi connectivity index (χ1) is 21.1. The highest BCUT2D eigenvalue weighted by molar-refractivity contribution is 6.41. The van der Waals surface area contributed by atoms with Crippen LogP contribution in [0.15, 0.2) is 30.2 Å². The van der Waals surface area contributed by atoms with Crippen LogP contribution in [0.5, 0.6) is 0 Å². The summed E-state index contributed by atoms with van der Waals surface area (Å²) in [4.78, 5) is 35.4. The number of imidazole rings is 1. The van der Waals surface area contributed by atoms with Gasteiger partial charge >= 0.3 is 6.09 Å². The Morgan fingerprint density at radius 1 is 1.20 bits per heavy atom. The summed E-state index contributed by atoms with van der Waals surface area (Å²) in [5.41, 5.74) is 6.36. The Bertz CT molecular complexity index is 1460. The molecule has 2 aliphatic carbocycles. The maximum absolute atomic E-state index is 13.7. The Morgan fingerprint density at radius 2 is 2.00 bits per heavy atom. The SMILES string of the molecule is COCC(C)CN(Cc1ncc(-c2ccc3c(c2)COC2=C3CC3CCC(=N)C(=N)C3C2)[nH]1)C(=O)C(NC(=O)OC)C(C)C. The lowest BCUT2D eigenvalue weighted by Crippen LogP contribution is -2.52. The summed E-state index contributed by atoms with van der Waals surface area (Å²) in [5.74, 6) is 1.82. The van der Waals surface area contributed by atoms with Crippen molar-refractivity contribution in [2.75, 3.05) is 27.4 Å². The molecule has 0 spiro atoms. The molecule has 2 heterocycles. The monoisotopic (exact) mass is 604 g/mol. The van der Waals surface area contributed by atoms with Crippen molar-refractivity contribution in [2.45, 2.75) is 65.6 Å². The van der Waals surface area contributed by atoms with E-state index in [4.69, 9.17) is 25.0 Å². The number of allylic oxidation sites excluding steroid dienone is 2. The van der Waals surface area contributed by atoms with Gasteiger partial charge in [-0.3, -0.25) is 4.79 Å². The number of H-pyrrole nitrogens is 1. The summed E-state index contributed by atoms with van der Waals surface area (Å²) in [6, 6.07) is 5.65. The number of rotatable bonds is 10. The summed E-state index contributed by atoms with van der Waals surface area (Å²) in [6.07, 6.45) is 4.36. The van der Waals surface area contributed by atoms with Crippen LogP contribution >= 0.6 is 0 Å². The van der Waals surface area contributed by atoms with Gasteiger partial charge in [-0.2, -0.15) is 0 Å². The molecule has 1 aromatic carbocycles. The quantitative estimate of drug-likeness (QED) is 0.294. The van der Waals surface area contributed by atoms with E-state index in [-0.39, 0.29) is 30.2 Å². The van der Waals surface area contributed by atoms with Crippen LogP contribution < -0.4 is 5.32 Å². The molecule has 11 nitrogen and oxygen atoms in total. The van der Waals surface area contributed by atoms with Gasteiger partial charge in [0.25, 0.3) is 0 Å². The van der Waals surface area contributed by atoms with Gasteiger partial charge in [-0.05, 0) is 65.3 Å². The van der Waals surface area contributed by atoms with Crippen molar-refractivity contribution in [3.05, 3.63) is 47.1 Å². The summed E-state index contributed by atoms with van der Waals surface area (Å²) in [5, 5.41) is 19.2. The van der Waals surface area contributed by atoms with E-state index < -0.39 is 12.1 Å². The molecule has 1 aliphatic heterocycles. The average molecular weight is 605 g/mol. The second kappa shape index (κ2) is 13.3. The van der Waals surface area contributed by atoms with Crippen molar-refractivity contribution in [1.29, 1.82) is 10.8 Å². The number of fused-ring (bicyclic) bond motifs is 3. The minimum atomic E-state index is -0.743. The minimum absolute atomic E-state index is 0.0746.